The molecule has 1 amide bonds. The molecule has 1 atom stereocenters. The topological polar surface area (TPSA) is 29.5 Å². The lowest BCUT2D eigenvalue weighted by Crippen LogP contribution is -2.35. The monoisotopic (exact) mass is 265 g/mol. The molecule has 1 aliphatic heterocycles. The molecule has 3 nitrogen and oxygen atoms in total. The lowest BCUT2D eigenvalue weighted by atomic mass is 9.98. The van der Waals surface area contributed by atoms with Gasteiger partial charge in [0.2, 0.25) is 0 Å². The van der Waals surface area contributed by atoms with E-state index >= 15 is 0 Å². The van der Waals surface area contributed by atoms with Gasteiger partial charge in [0.1, 0.15) is 11.4 Å². The molecule has 1 heterocycles. The number of carbonyl (C=O) groups is 1. The lowest BCUT2D eigenvalue weighted by molar-refractivity contribution is 0.0292. The predicted octanol–water partition coefficient (Wildman–Crippen LogP) is 3.55. The second-order valence-electron chi connectivity index (χ2n) is 5.97. The van der Waals surface area contributed by atoms with Gasteiger partial charge in [-0.15, -0.1) is 0 Å². The van der Waals surface area contributed by atoms with Crippen LogP contribution in [0.2, 0.25) is 0 Å². The molecule has 0 radical (unpaired) electrons. The summed E-state index contributed by atoms with van der Waals surface area (Å²) in [6.07, 6.45) is 0.564. The third kappa shape index (κ3) is 3.69. The molecule has 0 aromatic heterocycles. The van der Waals surface area contributed by atoms with E-state index in [1.165, 1.54) is 6.07 Å². The van der Waals surface area contributed by atoms with E-state index in [2.05, 4.69) is 0 Å². The minimum absolute atomic E-state index is 0.197. The fourth-order valence-corrected chi connectivity index (χ4v) is 2.29. The maximum atomic E-state index is 13.2. The van der Waals surface area contributed by atoms with Crippen LogP contribution in [-0.4, -0.2) is 29.7 Å². The molecule has 1 aromatic carbocycles. The van der Waals surface area contributed by atoms with E-state index in [1.807, 2.05) is 26.8 Å². The van der Waals surface area contributed by atoms with Gasteiger partial charge >= 0.3 is 6.09 Å². The molecule has 1 unspecified atom stereocenters. The van der Waals surface area contributed by atoms with E-state index in [-0.39, 0.29) is 17.8 Å². The van der Waals surface area contributed by atoms with Crippen LogP contribution in [0.4, 0.5) is 9.18 Å². The summed E-state index contributed by atoms with van der Waals surface area (Å²) >= 11 is 0. The van der Waals surface area contributed by atoms with Gasteiger partial charge < -0.3 is 9.64 Å². The van der Waals surface area contributed by atoms with Crippen molar-refractivity contribution in [3.63, 3.8) is 0 Å². The Morgan fingerprint density at radius 1 is 1.42 bits per heavy atom. The Kier molecular flexibility index (Phi) is 3.78. The van der Waals surface area contributed by atoms with Crippen molar-refractivity contribution in [3.05, 3.63) is 35.6 Å². The van der Waals surface area contributed by atoms with E-state index in [0.29, 0.717) is 13.1 Å². The first kappa shape index (κ1) is 13.8. The lowest BCUT2D eigenvalue weighted by Gasteiger charge is -2.24. The maximum absolute atomic E-state index is 13.2. The Balaban J connectivity index is 1.98. The van der Waals surface area contributed by atoms with Crippen molar-refractivity contribution < 1.29 is 13.9 Å². The van der Waals surface area contributed by atoms with Gasteiger partial charge in [0.05, 0.1) is 0 Å². The fourth-order valence-electron chi connectivity index (χ4n) is 2.29. The smallest absolute Gasteiger partial charge is 0.410 e. The minimum Gasteiger partial charge on any atom is -0.444 e. The quantitative estimate of drug-likeness (QED) is 0.777. The molecule has 2 rings (SSSR count). The first-order chi connectivity index (χ1) is 8.85. The maximum Gasteiger partial charge on any atom is 0.410 e. The Hall–Kier alpha value is -1.58. The molecule has 0 bridgehead atoms. The minimum atomic E-state index is -0.478. The molecule has 0 spiro atoms. The fraction of sp³-hybridized carbons (Fsp3) is 0.533. The van der Waals surface area contributed by atoms with Crippen LogP contribution in [0, 0.1) is 5.82 Å². The highest BCUT2D eigenvalue weighted by Gasteiger charge is 2.30. The molecule has 4 heteroatoms. The van der Waals surface area contributed by atoms with E-state index < -0.39 is 5.60 Å². The third-order valence-electron chi connectivity index (χ3n) is 3.16. The van der Waals surface area contributed by atoms with Crippen molar-refractivity contribution in [2.24, 2.45) is 0 Å². The van der Waals surface area contributed by atoms with Gasteiger partial charge in [-0.25, -0.2) is 9.18 Å². The zero-order chi connectivity index (χ0) is 14.0. The van der Waals surface area contributed by atoms with E-state index in [0.717, 1.165) is 12.0 Å². The molecule has 0 N–H and O–H groups in total. The zero-order valence-corrected chi connectivity index (χ0v) is 11.6. The van der Waals surface area contributed by atoms with Crippen LogP contribution in [0.1, 0.15) is 38.7 Å². The van der Waals surface area contributed by atoms with Crippen molar-refractivity contribution in [2.75, 3.05) is 13.1 Å². The molecule has 1 aliphatic rings. The van der Waals surface area contributed by atoms with Crippen molar-refractivity contribution in [1.29, 1.82) is 0 Å². The Morgan fingerprint density at radius 2 is 2.16 bits per heavy atom. The van der Waals surface area contributed by atoms with Crippen LogP contribution in [0.15, 0.2) is 24.3 Å². The number of amides is 1. The van der Waals surface area contributed by atoms with Gasteiger partial charge in [0.25, 0.3) is 0 Å². The Labute approximate surface area is 113 Å². The second kappa shape index (κ2) is 5.19. The van der Waals surface area contributed by atoms with Gasteiger partial charge in [-0.1, -0.05) is 12.1 Å². The average molecular weight is 265 g/mol. The second-order valence-corrected chi connectivity index (χ2v) is 5.97. The molecule has 104 valence electrons. The number of rotatable bonds is 1. The van der Waals surface area contributed by atoms with E-state index in [1.54, 1.807) is 17.0 Å². The number of hydrogen-bond acceptors (Lipinski definition) is 2. The van der Waals surface area contributed by atoms with Crippen LogP contribution in [0.3, 0.4) is 0 Å². The average Bonchev–Trinajstić information content (AvgIpc) is 2.75. The Bertz CT molecular complexity index is 467. The largest absolute Gasteiger partial charge is 0.444 e. The number of nitrogens with zero attached hydrogens (tertiary/aromatic N) is 1. The van der Waals surface area contributed by atoms with Gasteiger partial charge in [-0.3, -0.25) is 0 Å². The van der Waals surface area contributed by atoms with E-state index in [9.17, 15) is 9.18 Å². The molecule has 0 aliphatic carbocycles. The summed E-state index contributed by atoms with van der Waals surface area (Å²) in [4.78, 5) is 13.6. The predicted molar refractivity (Wildman–Crippen MR) is 71.6 cm³/mol. The van der Waals surface area contributed by atoms with Gasteiger partial charge in [-0.2, -0.15) is 0 Å². The Morgan fingerprint density at radius 3 is 2.79 bits per heavy atom. The highest BCUT2D eigenvalue weighted by atomic mass is 19.1. The number of likely N-dealkylation sites (tertiary alicyclic amines) is 1. The molecule has 1 aromatic rings. The first-order valence-electron chi connectivity index (χ1n) is 6.58. The summed E-state index contributed by atoms with van der Waals surface area (Å²) in [5, 5.41) is 0. The number of benzene rings is 1. The highest BCUT2D eigenvalue weighted by molar-refractivity contribution is 5.68. The molecule has 19 heavy (non-hydrogen) atoms. The third-order valence-corrected chi connectivity index (χ3v) is 3.16. The molecule has 1 fully saturated rings. The van der Waals surface area contributed by atoms with Gasteiger partial charge in [0, 0.05) is 19.0 Å². The summed E-state index contributed by atoms with van der Waals surface area (Å²) < 4.78 is 18.5. The molecular formula is C15H20FNO2. The van der Waals surface area contributed by atoms with Crippen LogP contribution in [-0.2, 0) is 4.74 Å². The normalized spacial score (nSPS) is 19.6. The number of carbonyl (C=O) groups excluding carboxylic acids is 1. The molecule has 1 saturated heterocycles. The van der Waals surface area contributed by atoms with Crippen LogP contribution in [0.5, 0.6) is 0 Å². The SMILES string of the molecule is CC(C)(C)OC(=O)N1CCC(c2cccc(F)c2)C1. The van der Waals surface area contributed by atoms with Gasteiger partial charge in [0.15, 0.2) is 0 Å². The molecule has 0 saturated carbocycles. The highest BCUT2D eigenvalue weighted by Crippen LogP contribution is 2.28. The number of halogens is 1. The summed E-state index contributed by atoms with van der Waals surface area (Å²) in [6.45, 7) is 6.82. The summed E-state index contributed by atoms with van der Waals surface area (Å²) in [6, 6.07) is 6.60. The van der Waals surface area contributed by atoms with Crippen molar-refractivity contribution in [3.8, 4) is 0 Å². The standard InChI is InChI=1S/C15H20FNO2/c1-15(2,3)19-14(18)17-8-7-12(10-17)11-5-4-6-13(16)9-11/h4-6,9,12H,7-8,10H2,1-3H3. The summed E-state index contributed by atoms with van der Waals surface area (Å²) in [5.41, 5.74) is 0.472. The van der Waals surface area contributed by atoms with Crippen LogP contribution in [0.25, 0.3) is 0 Å². The number of ether oxygens (including phenoxy) is 1. The van der Waals surface area contributed by atoms with Gasteiger partial charge in [-0.05, 0) is 44.9 Å². The van der Waals surface area contributed by atoms with Crippen molar-refractivity contribution in [2.45, 2.75) is 38.7 Å². The van der Waals surface area contributed by atoms with Crippen LogP contribution < -0.4 is 0 Å². The number of hydrogen-bond donors (Lipinski definition) is 0. The van der Waals surface area contributed by atoms with E-state index in [4.69, 9.17) is 4.74 Å². The summed E-state index contributed by atoms with van der Waals surface area (Å²) in [7, 11) is 0. The first-order valence-corrected chi connectivity index (χ1v) is 6.58. The zero-order valence-electron chi connectivity index (χ0n) is 11.6. The van der Waals surface area contributed by atoms with Crippen molar-refractivity contribution in [1.82, 2.24) is 4.90 Å². The van der Waals surface area contributed by atoms with Crippen molar-refractivity contribution >= 4 is 6.09 Å². The van der Waals surface area contributed by atoms with Crippen LogP contribution >= 0.6 is 0 Å². The molecular weight excluding hydrogens is 245 g/mol. The summed E-state index contributed by atoms with van der Waals surface area (Å²) in [5.74, 6) is -0.0311.